The van der Waals surface area contributed by atoms with Crippen LogP contribution in [0.25, 0.3) is 0 Å². The SMILES string of the molecule is COc1cc[n+]([O-])c(C)c1C. The first-order valence-corrected chi connectivity index (χ1v) is 3.40. The Balaban J connectivity index is 3.25. The van der Waals surface area contributed by atoms with E-state index >= 15 is 0 Å². The van der Waals surface area contributed by atoms with Gasteiger partial charge < -0.3 is 9.94 Å². The predicted octanol–water partition coefficient (Wildman–Crippen LogP) is 0.945. The monoisotopic (exact) mass is 153 g/mol. The molecule has 0 amide bonds. The summed E-state index contributed by atoms with van der Waals surface area (Å²) in [6.45, 7) is 3.63. The van der Waals surface area contributed by atoms with Crippen LogP contribution >= 0.6 is 0 Å². The first-order chi connectivity index (χ1) is 5.16. The van der Waals surface area contributed by atoms with Gasteiger partial charge in [-0.15, -0.1) is 0 Å². The molecule has 11 heavy (non-hydrogen) atoms. The number of methoxy groups -OCH3 is 1. The molecule has 0 aliphatic carbocycles. The van der Waals surface area contributed by atoms with Gasteiger partial charge in [0.1, 0.15) is 5.75 Å². The minimum absolute atomic E-state index is 0.685. The largest absolute Gasteiger partial charge is 0.618 e. The maximum atomic E-state index is 11.0. The average Bonchev–Trinajstić information content (AvgIpc) is 2.01. The summed E-state index contributed by atoms with van der Waals surface area (Å²) in [5.74, 6) is 0.759. The second-order valence-corrected chi connectivity index (χ2v) is 2.42. The number of ether oxygens (including phenoxy) is 1. The molecule has 0 saturated heterocycles. The highest BCUT2D eigenvalue weighted by Gasteiger charge is 2.07. The van der Waals surface area contributed by atoms with Crippen LogP contribution in [0.1, 0.15) is 11.3 Å². The molecular weight excluding hydrogens is 142 g/mol. The highest BCUT2D eigenvalue weighted by Crippen LogP contribution is 2.16. The molecule has 0 aliphatic heterocycles. The van der Waals surface area contributed by atoms with Gasteiger partial charge in [-0.1, -0.05) is 0 Å². The molecule has 60 valence electrons. The molecule has 0 fully saturated rings. The van der Waals surface area contributed by atoms with Crippen molar-refractivity contribution in [2.45, 2.75) is 13.8 Å². The van der Waals surface area contributed by atoms with E-state index < -0.39 is 0 Å². The van der Waals surface area contributed by atoms with Gasteiger partial charge in [-0.3, -0.25) is 0 Å². The quantitative estimate of drug-likeness (QED) is 0.444. The third kappa shape index (κ3) is 1.27. The van der Waals surface area contributed by atoms with E-state index in [0.717, 1.165) is 16.0 Å². The molecule has 3 heteroatoms. The lowest BCUT2D eigenvalue weighted by molar-refractivity contribution is -0.612. The van der Waals surface area contributed by atoms with Crippen LogP contribution < -0.4 is 9.47 Å². The average molecular weight is 153 g/mol. The van der Waals surface area contributed by atoms with Crippen molar-refractivity contribution in [1.82, 2.24) is 0 Å². The Hall–Kier alpha value is -1.25. The predicted molar refractivity (Wildman–Crippen MR) is 41.4 cm³/mol. The lowest BCUT2D eigenvalue weighted by Crippen LogP contribution is -2.30. The van der Waals surface area contributed by atoms with Crippen molar-refractivity contribution in [1.29, 1.82) is 0 Å². The van der Waals surface area contributed by atoms with Crippen LogP contribution in [-0.2, 0) is 0 Å². The van der Waals surface area contributed by atoms with Crippen LogP contribution in [0.3, 0.4) is 0 Å². The Bertz CT molecular complexity index is 271. The molecule has 0 radical (unpaired) electrons. The van der Waals surface area contributed by atoms with E-state index in [2.05, 4.69) is 0 Å². The van der Waals surface area contributed by atoms with E-state index in [1.807, 2.05) is 6.92 Å². The third-order valence-electron chi connectivity index (χ3n) is 1.82. The summed E-state index contributed by atoms with van der Waals surface area (Å²) in [7, 11) is 1.59. The van der Waals surface area contributed by atoms with E-state index in [-0.39, 0.29) is 0 Å². The molecule has 0 aliphatic rings. The van der Waals surface area contributed by atoms with Crippen molar-refractivity contribution in [3.63, 3.8) is 0 Å². The van der Waals surface area contributed by atoms with Crippen LogP contribution in [-0.4, -0.2) is 7.11 Å². The maximum Gasteiger partial charge on any atom is 0.196 e. The highest BCUT2D eigenvalue weighted by atomic mass is 16.5. The maximum absolute atomic E-state index is 11.0. The third-order valence-corrected chi connectivity index (χ3v) is 1.82. The number of aromatic nitrogens is 1. The van der Waals surface area contributed by atoms with E-state index in [9.17, 15) is 5.21 Å². The van der Waals surface area contributed by atoms with Crippen LogP contribution in [0.4, 0.5) is 0 Å². The first-order valence-electron chi connectivity index (χ1n) is 3.40. The summed E-state index contributed by atoms with van der Waals surface area (Å²) < 4.78 is 5.86. The summed E-state index contributed by atoms with van der Waals surface area (Å²) in [5, 5.41) is 11.0. The van der Waals surface area contributed by atoms with Gasteiger partial charge in [-0.2, -0.15) is 4.73 Å². The van der Waals surface area contributed by atoms with Crippen LogP contribution in [0.15, 0.2) is 12.3 Å². The number of nitrogens with zero attached hydrogens (tertiary/aromatic N) is 1. The minimum atomic E-state index is 0.685. The van der Waals surface area contributed by atoms with Gasteiger partial charge in [0.15, 0.2) is 11.9 Å². The normalized spacial score (nSPS) is 9.73. The smallest absolute Gasteiger partial charge is 0.196 e. The molecule has 0 N–H and O–H groups in total. The minimum Gasteiger partial charge on any atom is -0.618 e. The van der Waals surface area contributed by atoms with Gasteiger partial charge in [0, 0.05) is 13.0 Å². The Kier molecular flexibility index (Phi) is 1.98. The zero-order valence-corrected chi connectivity index (χ0v) is 6.92. The number of rotatable bonds is 1. The van der Waals surface area contributed by atoms with Crippen molar-refractivity contribution in [3.05, 3.63) is 28.7 Å². The van der Waals surface area contributed by atoms with Crippen molar-refractivity contribution in [2.75, 3.05) is 7.11 Å². The molecule has 0 aromatic carbocycles. The zero-order chi connectivity index (χ0) is 8.43. The fourth-order valence-corrected chi connectivity index (χ4v) is 0.937. The second-order valence-electron chi connectivity index (χ2n) is 2.42. The van der Waals surface area contributed by atoms with Crippen LogP contribution in [0.2, 0.25) is 0 Å². The number of hydrogen-bond donors (Lipinski definition) is 0. The van der Waals surface area contributed by atoms with Crippen molar-refractivity contribution in [3.8, 4) is 5.75 Å². The van der Waals surface area contributed by atoms with Gasteiger partial charge in [-0.05, 0) is 6.92 Å². The molecule has 0 spiro atoms. The van der Waals surface area contributed by atoms with Gasteiger partial charge in [0.2, 0.25) is 0 Å². The van der Waals surface area contributed by atoms with Gasteiger partial charge in [0.25, 0.3) is 0 Å². The molecule has 1 heterocycles. The van der Waals surface area contributed by atoms with E-state index in [1.54, 1.807) is 20.1 Å². The van der Waals surface area contributed by atoms with Crippen LogP contribution in [0, 0.1) is 19.1 Å². The molecular formula is C8H11NO2. The Morgan fingerprint density at radius 2 is 2.09 bits per heavy atom. The summed E-state index contributed by atoms with van der Waals surface area (Å²) in [6, 6.07) is 1.66. The fourth-order valence-electron chi connectivity index (χ4n) is 0.937. The Labute approximate surface area is 65.8 Å². The number of pyridine rings is 1. The van der Waals surface area contributed by atoms with Gasteiger partial charge >= 0.3 is 0 Å². The molecule has 0 atom stereocenters. The van der Waals surface area contributed by atoms with E-state index in [0.29, 0.717) is 5.69 Å². The molecule has 0 bridgehead atoms. The molecule has 1 rings (SSSR count). The Morgan fingerprint density at radius 1 is 1.45 bits per heavy atom. The standard InChI is InChI=1S/C8H11NO2/c1-6-7(2)9(10)5-4-8(6)11-3/h4-5H,1-3H3. The highest BCUT2D eigenvalue weighted by molar-refractivity contribution is 5.31. The van der Waals surface area contributed by atoms with E-state index in [4.69, 9.17) is 4.74 Å². The van der Waals surface area contributed by atoms with Crippen molar-refractivity contribution < 1.29 is 9.47 Å². The molecule has 0 unspecified atom stereocenters. The first kappa shape index (κ1) is 7.85. The fraction of sp³-hybridized carbons (Fsp3) is 0.375. The molecule has 1 aromatic heterocycles. The van der Waals surface area contributed by atoms with E-state index in [1.165, 1.54) is 6.20 Å². The van der Waals surface area contributed by atoms with Crippen LogP contribution in [0.5, 0.6) is 5.75 Å². The molecule has 1 aromatic rings. The zero-order valence-electron chi connectivity index (χ0n) is 6.92. The van der Waals surface area contributed by atoms with Crippen molar-refractivity contribution >= 4 is 0 Å². The summed E-state index contributed by atoms with van der Waals surface area (Å²) >= 11 is 0. The summed E-state index contributed by atoms with van der Waals surface area (Å²) in [6.07, 6.45) is 1.45. The summed E-state index contributed by atoms with van der Waals surface area (Å²) in [5.41, 5.74) is 1.58. The lowest BCUT2D eigenvalue weighted by atomic mass is 10.2. The lowest BCUT2D eigenvalue weighted by Gasteiger charge is -2.06. The molecule has 0 saturated carbocycles. The summed E-state index contributed by atoms with van der Waals surface area (Å²) in [4.78, 5) is 0. The second kappa shape index (κ2) is 2.78. The number of hydrogen-bond acceptors (Lipinski definition) is 2. The Morgan fingerprint density at radius 3 is 2.64 bits per heavy atom. The topological polar surface area (TPSA) is 36.2 Å². The van der Waals surface area contributed by atoms with Gasteiger partial charge in [0.05, 0.1) is 12.7 Å². The van der Waals surface area contributed by atoms with Gasteiger partial charge in [-0.25, -0.2) is 0 Å². The van der Waals surface area contributed by atoms with Crippen molar-refractivity contribution in [2.24, 2.45) is 0 Å². The molecule has 3 nitrogen and oxygen atoms in total.